The Bertz CT molecular complexity index is 2920. The van der Waals surface area contributed by atoms with Gasteiger partial charge in [0.2, 0.25) is 0 Å². The van der Waals surface area contributed by atoms with E-state index in [4.69, 9.17) is 0 Å². The monoisotopic (exact) mass is 705 g/mol. The molecular formula is C52H35NS. The van der Waals surface area contributed by atoms with Crippen LogP contribution in [0.3, 0.4) is 0 Å². The lowest BCUT2D eigenvalue weighted by molar-refractivity contribution is 1.29. The van der Waals surface area contributed by atoms with Crippen LogP contribution >= 0.6 is 11.3 Å². The molecule has 0 bridgehead atoms. The van der Waals surface area contributed by atoms with E-state index in [-0.39, 0.29) is 0 Å². The second kappa shape index (κ2) is 13.7. The molecule has 2 heteroatoms. The summed E-state index contributed by atoms with van der Waals surface area (Å²) in [5.74, 6) is 0. The van der Waals surface area contributed by atoms with Crippen LogP contribution in [0.25, 0.3) is 75.5 Å². The summed E-state index contributed by atoms with van der Waals surface area (Å²) in [7, 11) is 0. The number of thiophene rings is 1. The minimum Gasteiger partial charge on any atom is -0.310 e. The average molecular weight is 706 g/mol. The number of hydrogen-bond acceptors (Lipinski definition) is 2. The zero-order valence-corrected chi connectivity index (χ0v) is 30.4. The van der Waals surface area contributed by atoms with Crippen LogP contribution in [-0.4, -0.2) is 0 Å². The molecule has 54 heavy (non-hydrogen) atoms. The van der Waals surface area contributed by atoms with E-state index in [1.165, 1.54) is 75.5 Å². The van der Waals surface area contributed by atoms with Gasteiger partial charge < -0.3 is 4.90 Å². The Labute approximate surface area is 319 Å². The van der Waals surface area contributed by atoms with Gasteiger partial charge in [-0.05, 0) is 98.2 Å². The van der Waals surface area contributed by atoms with E-state index in [1.807, 2.05) is 11.3 Å². The number of nitrogens with zero attached hydrogens (tertiary/aromatic N) is 1. The molecule has 1 nitrogen and oxygen atoms in total. The summed E-state index contributed by atoms with van der Waals surface area (Å²) >= 11 is 1.85. The van der Waals surface area contributed by atoms with Crippen LogP contribution in [0, 0.1) is 0 Å². The van der Waals surface area contributed by atoms with Crippen molar-refractivity contribution in [2.45, 2.75) is 0 Å². The molecule has 0 N–H and O–H groups in total. The van der Waals surface area contributed by atoms with Crippen molar-refractivity contribution in [3.8, 4) is 44.5 Å². The molecule has 0 saturated carbocycles. The zero-order valence-electron chi connectivity index (χ0n) is 29.6. The summed E-state index contributed by atoms with van der Waals surface area (Å²) in [4.78, 5) is 2.46. The molecule has 10 rings (SSSR count). The second-order valence-electron chi connectivity index (χ2n) is 13.7. The first-order valence-electron chi connectivity index (χ1n) is 18.4. The lowest BCUT2D eigenvalue weighted by Gasteiger charge is -2.30. The highest BCUT2D eigenvalue weighted by Crippen LogP contribution is 2.49. The number of fused-ring (bicyclic) bond motifs is 4. The number of hydrogen-bond donors (Lipinski definition) is 0. The summed E-state index contributed by atoms with van der Waals surface area (Å²) < 4.78 is 2.60. The molecule has 0 aliphatic carbocycles. The van der Waals surface area contributed by atoms with E-state index in [2.05, 4.69) is 217 Å². The van der Waals surface area contributed by atoms with Crippen LogP contribution in [0.15, 0.2) is 212 Å². The third kappa shape index (κ3) is 5.74. The standard InChI is InChI=1S/C52H35NS/c1-3-15-38(16-4-1)44-20-9-10-22-47(44)52-45(39-17-5-2-6-18-39)23-13-24-49(52)53(43-32-33-51-48(35-43)46-21-11-12-25-50(46)54-51)42-30-28-37(29-31-42)41-27-26-36-14-7-8-19-40(36)34-41/h1-35H. The van der Waals surface area contributed by atoms with Crippen molar-refractivity contribution in [2.75, 3.05) is 4.90 Å². The SMILES string of the molecule is c1ccc(-c2ccccc2-c2c(-c3ccccc3)cccc2N(c2ccc(-c3ccc4ccccc4c3)cc2)c2ccc3sc4ccccc4c3c2)cc1. The Kier molecular flexibility index (Phi) is 8.09. The van der Waals surface area contributed by atoms with Gasteiger partial charge in [0, 0.05) is 37.1 Å². The van der Waals surface area contributed by atoms with Crippen LogP contribution in [0.2, 0.25) is 0 Å². The molecule has 0 atom stereocenters. The molecule has 0 aliphatic heterocycles. The molecular weight excluding hydrogens is 671 g/mol. The minimum absolute atomic E-state index is 1.10. The van der Waals surface area contributed by atoms with Crippen molar-refractivity contribution in [3.05, 3.63) is 212 Å². The predicted octanol–water partition coefficient (Wildman–Crippen LogP) is 15.3. The largest absolute Gasteiger partial charge is 0.310 e. The zero-order chi connectivity index (χ0) is 35.8. The van der Waals surface area contributed by atoms with Gasteiger partial charge in [0.1, 0.15) is 0 Å². The first-order valence-corrected chi connectivity index (χ1v) is 19.2. The van der Waals surface area contributed by atoms with E-state index < -0.39 is 0 Å². The summed E-state index contributed by atoms with van der Waals surface area (Å²) in [6.45, 7) is 0. The Balaban J connectivity index is 1.23. The molecule has 0 saturated heterocycles. The quantitative estimate of drug-likeness (QED) is 0.160. The Hall–Kier alpha value is -6.74. The van der Waals surface area contributed by atoms with E-state index in [1.54, 1.807) is 0 Å². The maximum Gasteiger partial charge on any atom is 0.0546 e. The van der Waals surface area contributed by atoms with E-state index in [0.717, 1.165) is 17.1 Å². The van der Waals surface area contributed by atoms with Crippen molar-refractivity contribution in [1.29, 1.82) is 0 Å². The predicted molar refractivity (Wildman–Crippen MR) is 233 cm³/mol. The van der Waals surface area contributed by atoms with Crippen LogP contribution in [0.4, 0.5) is 17.1 Å². The summed E-state index contributed by atoms with van der Waals surface area (Å²) in [5, 5.41) is 5.06. The minimum atomic E-state index is 1.10. The topological polar surface area (TPSA) is 3.24 Å². The Morgan fingerprint density at radius 3 is 1.70 bits per heavy atom. The molecule has 10 aromatic rings. The molecule has 0 radical (unpaired) electrons. The van der Waals surface area contributed by atoms with E-state index in [0.29, 0.717) is 0 Å². The molecule has 0 fully saturated rings. The molecule has 0 aliphatic rings. The first-order chi connectivity index (χ1) is 26.8. The molecule has 9 aromatic carbocycles. The van der Waals surface area contributed by atoms with E-state index >= 15 is 0 Å². The van der Waals surface area contributed by atoms with Crippen molar-refractivity contribution in [1.82, 2.24) is 0 Å². The van der Waals surface area contributed by atoms with Crippen molar-refractivity contribution in [2.24, 2.45) is 0 Å². The summed E-state index contributed by atoms with van der Waals surface area (Å²) in [5.41, 5.74) is 12.9. The van der Waals surface area contributed by atoms with Gasteiger partial charge in [-0.3, -0.25) is 0 Å². The highest BCUT2D eigenvalue weighted by atomic mass is 32.1. The van der Waals surface area contributed by atoms with Crippen molar-refractivity contribution >= 4 is 59.3 Å². The molecule has 254 valence electrons. The van der Waals surface area contributed by atoms with Gasteiger partial charge in [-0.1, -0.05) is 164 Å². The fourth-order valence-electron chi connectivity index (χ4n) is 7.89. The van der Waals surface area contributed by atoms with Gasteiger partial charge in [-0.25, -0.2) is 0 Å². The summed E-state index contributed by atoms with van der Waals surface area (Å²) in [6.07, 6.45) is 0. The maximum atomic E-state index is 2.46. The fourth-order valence-corrected chi connectivity index (χ4v) is 8.98. The lowest BCUT2D eigenvalue weighted by Crippen LogP contribution is -2.12. The molecule has 1 aromatic heterocycles. The highest BCUT2D eigenvalue weighted by Gasteiger charge is 2.23. The van der Waals surface area contributed by atoms with Gasteiger partial charge >= 0.3 is 0 Å². The lowest BCUT2D eigenvalue weighted by atomic mass is 9.87. The maximum absolute atomic E-state index is 2.46. The highest BCUT2D eigenvalue weighted by molar-refractivity contribution is 7.25. The average Bonchev–Trinajstić information content (AvgIpc) is 3.62. The van der Waals surface area contributed by atoms with Gasteiger partial charge in [-0.2, -0.15) is 0 Å². The van der Waals surface area contributed by atoms with Crippen LogP contribution in [0.1, 0.15) is 0 Å². The number of benzene rings is 9. The normalized spacial score (nSPS) is 11.3. The van der Waals surface area contributed by atoms with Crippen LogP contribution in [-0.2, 0) is 0 Å². The number of anilines is 3. The molecule has 1 heterocycles. The first kappa shape index (κ1) is 32.0. The fraction of sp³-hybridized carbons (Fsp3) is 0. The molecule has 0 amide bonds. The summed E-state index contributed by atoms with van der Waals surface area (Å²) in [6, 6.07) is 77.3. The Morgan fingerprint density at radius 2 is 0.907 bits per heavy atom. The molecule has 0 unspecified atom stereocenters. The number of rotatable bonds is 7. The Morgan fingerprint density at radius 1 is 0.315 bits per heavy atom. The van der Waals surface area contributed by atoms with E-state index in [9.17, 15) is 0 Å². The third-order valence-corrected chi connectivity index (χ3v) is 11.6. The second-order valence-corrected chi connectivity index (χ2v) is 14.8. The smallest absolute Gasteiger partial charge is 0.0546 e. The van der Waals surface area contributed by atoms with Crippen LogP contribution in [0.5, 0.6) is 0 Å². The van der Waals surface area contributed by atoms with Crippen molar-refractivity contribution in [3.63, 3.8) is 0 Å². The van der Waals surface area contributed by atoms with Gasteiger partial charge in [0.15, 0.2) is 0 Å². The van der Waals surface area contributed by atoms with Gasteiger partial charge in [0.25, 0.3) is 0 Å². The van der Waals surface area contributed by atoms with Gasteiger partial charge in [0.05, 0.1) is 5.69 Å². The third-order valence-electron chi connectivity index (χ3n) is 10.5. The van der Waals surface area contributed by atoms with Crippen molar-refractivity contribution < 1.29 is 0 Å². The van der Waals surface area contributed by atoms with Crippen LogP contribution < -0.4 is 4.90 Å². The van der Waals surface area contributed by atoms with Gasteiger partial charge in [-0.15, -0.1) is 11.3 Å². The molecule has 0 spiro atoms.